The number of aliphatic hydroxyl groups excluding tert-OH is 8. The van der Waals surface area contributed by atoms with Crippen LogP contribution in [0.25, 0.3) is 0 Å². The predicted octanol–water partition coefficient (Wildman–Crippen LogP) is 1.19. The van der Waals surface area contributed by atoms with Gasteiger partial charge in [-0.05, 0) is 111 Å². The number of hydrogen-bond acceptors (Lipinski definition) is 13. The molecule has 0 aromatic heterocycles. The van der Waals surface area contributed by atoms with Crippen LogP contribution in [0.15, 0.2) is 11.6 Å². The van der Waals surface area contributed by atoms with E-state index in [1.54, 1.807) is 0 Å². The zero-order chi connectivity index (χ0) is 37.9. The van der Waals surface area contributed by atoms with Crippen LogP contribution in [0.5, 0.6) is 0 Å². The Kier molecular flexibility index (Phi) is 12.3. The molecule has 13 nitrogen and oxygen atoms in total. The van der Waals surface area contributed by atoms with Crippen LogP contribution < -0.4 is 0 Å². The first kappa shape index (κ1) is 40.6. The minimum Gasteiger partial charge on any atom is -0.396 e. The van der Waals surface area contributed by atoms with E-state index in [-0.39, 0.29) is 46.9 Å². The highest BCUT2D eigenvalue weighted by Crippen LogP contribution is 2.68. The summed E-state index contributed by atoms with van der Waals surface area (Å²) >= 11 is 0. The van der Waals surface area contributed by atoms with Gasteiger partial charge in [0.15, 0.2) is 18.4 Å². The van der Waals surface area contributed by atoms with Gasteiger partial charge in [0.25, 0.3) is 0 Å². The standard InChI is InChI=1S/C39H64O13/c1-18(16-40)6-9-26(43)19(2)29-27(15-25-23-8-7-21-14-22(42)10-12-38(21,4)24(23)11-13-39(25,29)5)50-37-35(33(47)31(45)28(17-41)51-37)52-36-34(48)32(46)30(44)20(3)49-36/h14,18-20,23-37,40-41,43-48H,6-13,15-17H2,1-5H3. The van der Waals surface area contributed by atoms with Crippen LogP contribution in [0.1, 0.15) is 92.4 Å². The van der Waals surface area contributed by atoms with Crippen molar-refractivity contribution in [3.63, 3.8) is 0 Å². The molecule has 0 spiro atoms. The predicted molar refractivity (Wildman–Crippen MR) is 186 cm³/mol. The molecular formula is C39H64O13. The van der Waals surface area contributed by atoms with Crippen LogP contribution in [0.4, 0.5) is 0 Å². The molecule has 298 valence electrons. The maximum atomic E-state index is 12.4. The van der Waals surface area contributed by atoms with Gasteiger partial charge in [0.1, 0.15) is 42.7 Å². The second-order valence-corrected chi connectivity index (χ2v) is 17.7. The Morgan fingerprint density at radius 2 is 1.60 bits per heavy atom. The van der Waals surface area contributed by atoms with E-state index in [1.165, 1.54) is 12.5 Å². The number of carbonyl (C=O) groups excluding carboxylic acids is 1. The molecule has 0 radical (unpaired) electrons. The maximum absolute atomic E-state index is 12.4. The fourth-order valence-electron chi connectivity index (χ4n) is 11.5. The summed E-state index contributed by atoms with van der Waals surface area (Å²) in [6, 6.07) is 0. The average molecular weight is 741 g/mol. The van der Waals surface area contributed by atoms with Gasteiger partial charge in [-0.15, -0.1) is 0 Å². The van der Waals surface area contributed by atoms with E-state index < -0.39 is 80.2 Å². The van der Waals surface area contributed by atoms with Crippen LogP contribution in [0, 0.1) is 46.3 Å². The van der Waals surface area contributed by atoms with Crippen molar-refractivity contribution in [1.29, 1.82) is 0 Å². The number of allylic oxidation sites excluding steroid dienone is 1. The molecule has 2 saturated heterocycles. The molecule has 5 fully saturated rings. The van der Waals surface area contributed by atoms with Crippen molar-refractivity contribution in [3.8, 4) is 0 Å². The Balaban J connectivity index is 1.32. The van der Waals surface area contributed by atoms with E-state index in [4.69, 9.17) is 18.9 Å². The van der Waals surface area contributed by atoms with Gasteiger partial charge in [0.05, 0.1) is 24.9 Å². The first-order chi connectivity index (χ1) is 24.5. The second kappa shape index (κ2) is 15.8. The van der Waals surface area contributed by atoms with Crippen molar-refractivity contribution < 1.29 is 64.6 Å². The van der Waals surface area contributed by atoms with Crippen molar-refractivity contribution >= 4 is 5.78 Å². The number of hydrogen-bond donors (Lipinski definition) is 8. The molecule has 3 saturated carbocycles. The van der Waals surface area contributed by atoms with E-state index >= 15 is 0 Å². The molecule has 0 aromatic carbocycles. The molecule has 2 aliphatic heterocycles. The molecule has 20 atom stereocenters. The molecule has 0 amide bonds. The molecule has 13 heteroatoms. The summed E-state index contributed by atoms with van der Waals surface area (Å²) < 4.78 is 24.8. The Labute approximate surface area is 307 Å². The van der Waals surface area contributed by atoms with Gasteiger partial charge >= 0.3 is 0 Å². The third-order valence-electron chi connectivity index (χ3n) is 14.7. The van der Waals surface area contributed by atoms with E-state index in [0.29, 0.717) is 37.5 Å². The smallest absolute Gasteiger partial charge is 0.187 e. The van der Waals surface area contributed by atoms with Gasteiger partial charge in [0, 0.05) is 13.0 Å². The van der Waals surface area contributed by atoms with Crippen LogP contribution in [0.2, 0.25) is 0 Å². The van der Waals surface area contributed by atoms with Crippen LogP contribution in [0.3, 0.4) is 0 Å². The summed E-state index contributed by atoms with van der Waals surface area (Å²) in [7, 11) is 0. The molecule has 20 unspecified atom stereocenters. The zero-order valence-electron chi connectivity index (χ0n) is 31.4. The summed E-state index contributed by atoms with van der Waals surface area (Å²) in [5.41, 5.74) is 0.985. The molecule has 0 aromatic rings. The number of ether oxygens (including phenoxy) is 4. The van der Waals surface area contributed by atoms with E-state index in [0.717, 1.165) is 32.1 Å². The van der Waals surface area contributed by atoms with E-state index in [9.17, 15) is 45.6 Å². The monoisotopic (exact) mass is 740 g/mol. The number of aliphatic hydroxyl groups is 8. The van der Waals surface area contributed by atoms with Gasteiger partial charge in [-0.1, -0.05) is 33.3 Å². The van der Waals surface area contributed by atoms with Crippen molar-refractivity contribution in [1.82, 2.24) is 0 Å². The summed E-state index contributed by atoms with van der Waals surface area (Å²) in [6.45, 7) is 9.58. The van der Waals surface area contributed by atoms with Gasteiger partial charge < -0.3 is 59.8 Å². The quantitative estimate of drug-likeness (QED) is 0.150. The average Bonchev–Trinajstić information content (AvgIpc) is 3.42. The Morgan fingerprint density at radius 3 is 2.29 bits per heavy atom. The largest absolute Gasteiger partial charge is 0.396 e. The number of fused-ring (bicyclic) bond motifs is 5. The molecule has 4 aliphatic carbocycles. The van der Waals surface area contributed by atoms with Crippen LogP contribution >= 0.6 is 0 Å². The summed E-state index contributed by atoms with van der Waals surface area (Å²) in [4.78, 5) is 12.4. The molecule has 8 N–H and O–H groups in total. The van der Waals surface area contributed by atoms with Gasteiger partial charge in [-0.25, -0.2) is 0 Å². The van der Waals surface area contributed by atoms with Gasteiger partial charge in [0.2, 0.25) is 0 Å². The lowest BCUT2D eigenvalue weighted by Crippen LogP contribution is -2.64. The molecule has 0 bridgehead atoms. The third-order valence-corrected chi connectivity index (χ3v) is 14.7. The van der Waals surface area contributed by atoms with Crippen molar-refractivity contribution in [2.24, 2.45) is 46.3 Å². The molecular weight excluding hydrogens is 676 g/mol. The first-order valence-electron chi connectivity index (χ1n) is 19.7. The fraction of sp³-hybridized carbons (Fsp3) is 0.923. The summed E-state index contributed by atoms with van der Waals surface area (Å²) in [5, 5.41) is 85.3. The highest BCUT2D eigenvalue weighted by atomic mass is 16.8. The Morgan fingerprint density at radius 1 is 0.865 bits per heavy atom. The molecule has 52 heavy (non-hydrogen) atoms. The lowest BCUT2D eigenvalue weighted by Gasteiger charge is -2.58. The maximum Gasteiger partial charge on any atom is 0.187 e. The molecule has 6 aliphatic rings. The van der Waals surface area contributed by atoms with E-state index in [1.807, 2.05) is 13.0 Å². The number of rotatable bonds is 11. The second-order valence-electron chi connectivity index (χ2n) is 17.7. The topological polar surface area (TPSA) is 216 Å². The van der Waals surface area contributed by atoms with Crippen molar-refractivity contribution in [2.75, 3.05) is 13.2 Å². The zero-order valence-corrected chi connectivity index (χ0v) is 31.4. The van der Waals surface area contributed by atoms with E-state index in [2.05, 4.69) is 20.8 Å². The number of ketones is 1. The third kappa shape index (κ3) is 7.20. The number of carbonyl (C=O) groups is 1. The summed E-state index contributed by atoms with van der Waals surface area (Å²) in [6.07, 6.45) is -6.56. The molecule has 6 rings (SSSR count). The minimum atomic E-state index is -1.68. The normalized spacial score (nSPS) is 49.7. The first-order valence-corrected chi connectivity index (χ1v) is 19.7. The van der Waals surface area contributed by atoms with Crippen molar-refractivity contribution in [3.05, 3.63) is 11.6 Å². The van der Waals surface area contributed by atoms with Gasteiger partial charge in [-0.3, -0.25) is 4.79 Å². The minimum absolute atomic E-state index is 0.0364. The lowest BCUT2D eigenvalue weighted by atomic mass is 9.46. The van der Waals surface area contributed by atoms with Gasteiger partial charge in [-0.2, -0.15) is 0 Å². The molecule has 2 heterocycles. The Hall–Kier alpha value is -1.07. The van der Waals surface area contributed by atoms with Crippen LogP contribution in [-0.2, 0) is 23.7 Å². The van der Waals surface area contributed by atoms with Crippen molar-refractivity contribution in [2.45, 2.75) is 166 Å². The highest BCUT2D eigenvalue weighted by molar-refractivity contribution is 5.91. The fourth-order valence-corrected chi connectivity index (χ4v) is 11.5. The Bertz CT molecular complexity index is 1280. The SMILES string of the molecule is CC(CO)CCC(O)C(C)C1C(OC2OC(CO)C(O)C(O)C2OC2OC(C)C(O)C(O)C2O)CC2C3CCC4=CC(=O)CCC4(C)C3CCC21C. The highest BCUT2D eigenvalue weighted by Gasteiger charge is 2.64. The lowest BCUT2D eigenvalue weighted by molar-refractivity contribution is -0.371. The summed E-state index contributed by atoms with van der Waals surface area (Å²) in [5.74, 6) is 0.846. The van der Waals surface area contributed by atoms with Crippen LogP contribution in [-0.4, -0.2) is 133 Å².